The molecule has 0 bridgehead atoms. The van der Waals surface area contributed by atoms with Crippen molar-refractivity contribution in [1.29, 1.82) is 0 Å². The number of guanidine groups is 1. The molecule has 2 aromatic rings. The van der Waals surface area contributed by atoms with Gasteiger partial charge in [-0.2, -0.15) is 0 Å². The summed E-state index contributed by atoms with van der Waals surface area (Å²) in [5.74, 6) is 1.85. The van der Waals surface area contributed by atoms with Crippen LogP contribution < -0.4 is 20.1 Å². The molecule has 2 N–H and O–H groups in total. The zero-order valence-corrected chi connectivity index (χ0v) is 16.8. The van der Waals surface area contributed by atoms with E-state index in [-0.39, 0.29) is 29.8 Å². The molecule has 0 atom stereocenters. The minimum absolute atomic E-state index is 0. The Morgan fingerprint density at radius 1 is 1.04 bits per heavy atom. The lowest BCUT2D eigenvalue weighted by Gasteiger charge is -2.14. The Labute approximate surface area is 164 Å². The van der Waals surface area contributed by atoms with Gasteiger partial charge in [0.1, 0.15) is 17.3 Å². The van der Waals surface area contributed by atoms with Crippen molar-refractivity contribution in [2.75, 3.05) is 21.3 Å². The van der Waals surface area contributed by atoms with Crippen LogP contribution in [0.3, 0.4) is 0 Å². The molecule has 7 heteroatoms. The maximum atomic E-state index is 13.2. The van der Waals surface area contributed by atoms with E-state index < -0.39 is 0 Å². The summed E-state index contributed by atoms with van der Waals surface area (Å²) in [7, 11) is 4.92. The Hall–Kier alpha value is -2.03. The predicted molar refractivity (Wildman–Crippen MR) is 108 cm³/mol. The topological polar surface area (TPSA) is 54.9 Å². The molecule has 0 aliphatic rings. The number of benzene rings is 2. The first-order valence-corrected chi connectivity index (χ1v) is 7.56. The number of hydrogen-bond acceptors (Lipinski definition) is 3. The van der Waals surface area contributed by atoms with Crippen molar-refractivity contribution < 1.29 is 13.9 Å². The van der Waals surface area contributed by atoms with E-state index in [1.165, 1.54) is 12.1 Å². The van der Waals surface area contributed by atoms with Crippen LogP contribution in [0.2, 0.25) is 0 Å². The van der Waals surface area contributed by atoms with Crippen molar-refractivity contribution in [3.05, 3.63) is 59.4 Å². The van der Waals surface area contributed by atoms with Crippen molar-refractivity contribution >= 4 is 29.9 Å². The highest BCUT2D eigenvalue weighted by molar-refractivity contribution is 14.0. The summed E-state index contributed by atoms with van der Waals surface area (Å²) in [5, 5.41) is 6.36. The molecule has 0 heterocycles. The van der Waals surface area contributed by atoms with Crippen LogP contribution in [0.25, 0.3) is 0 Å². The Kier molecular flexibility index (Phi) is 9.04. The fourth-order valence-electron chi connectivity index (χ4n) is 2.23. The molecular formula is C18H23FIN3O2. The second kappa shape index (κ2) is 10.8. The molecule has 0 amide bonds. The Balaban J connectivity index is 0.00000312. The number of ether oxygens (including phenoxy) is 2. The van der Waals surface area contributed by atoms with Gasteiger partial charge in [0, 0.05) is 31.8 Å². The highest BCUT2D eigenvalue weighted by atomic mass is 127. The molecule has 136 valence electrons. The van der Waals surface area contributed by atoms with Crippen LogP contribution in [0.4, 0.5) is 4.39 Å². The third-order valence-corrected chi connectivity index (χ3v) is 3.51. The summed E-state index contributed by atoms with van der Waals surface area (Å²) in [6, 6.07) is 12.1. The van der Waals surface area contributed by atoms with Gasteiger partial charge < -0.3 is 20.1 Å². The van der Waals surface area contributed by atoms with Gasteiger partial charge in [0.05, 0.1) is 14.2 Å². The van der Waals surface area contributed by atoms with E-state index in [0.29, 0.717) is 19.0 Å². The zero-order valence-electron chi connectivity index (χ0n) is 14.5. The molecule has 0 saturated heterocycles. The van der Waals surface area contributed by atoms with Gasteiger partial charge in [0.15, 0.2) is 5.96 Å². The van der Waals surface area contributed by atoms with E-state index in [2.05, 4.69) is 15.6 Å². The number of aliphatic imine (C=N–C) groups is 1. The summed E-state index contributed by atoms with van der Waals surface area (Å²) >= 11 is 0. The Morgan fingerprint density at radius 3 is 2.44 bits per heavy atom. The second-order valence-electron chi connectivity index (χ2n) is 5.09. The molecule has 0 aliphatic heterocycles. The normalized spacial score (nSPS) is 10.6. The summed E-state index contributed by atoms with van der Waals surface area (Å²) in [6.07, 6.45) is 0. The molecule has 2 rings (SSSR count). The van der Waals surface area contributed by atoms with Gasteiger partial charge in [0.2, 0.25) is 0 Å². The van der Waals surface area contributed by atoms with Crippen LogP contribution in [0, 0.1) is 5.82 Å². The summed E-state index contributed by atoms with van der Waals surface area (Å²) in [6.45, 7) is 1.02. The number of nitrogens with zero attached hydrogens (tertiary/aromatic N) is 1. The fourth-order valence-corrected chi connectivity index (χ4v) is 2.23. The zero-order chi connectivity index (χ0) is 17.4. The summed E-state index contributed by atoms with van der Waals surface area (Å²) in [5.41, 5.74) is 1.83. The molecule has 5 nitrogen and oxygen atoms in total. The van der Waals surface area contributed by atoms with Gasteiger partial charge in [-0.1, -0.05) is 12.1 Å². The number of hydrogen-bond donors (Lipinski definition) is 2. The van der Waals surface area contributed by atoms with Gasteiger partial charge >= 0.3 is 0 Å². The number of nitrogens with one attached hydrogen (secondary N) is 2. The average molecular weight is 459 g/mol. The quantitative estimate of drug-likeness (QED) is 0.396. The largest absolute Gasteiger partial charge is 0.497 e. The minimum atomic E-state index is -0.250. The number of rotatable bonds is 6. The molecule has 0 aromatic heterocycles. The first-order chi connectivity index (χ1) is 11.7. The van der Waals surface area contributed by atoms with E-state index in [1.807, 2.05) is 24.3 Å². The minimum Gasteiger partial charge on any atom is -0.497 e. The van der Waals surface area contributed by atoms with Crippen molar-refractivity contribution in [3.63, 3.8) is 0 Å². The van der Waals surface area contributed by atoms with E-state index in [4.69, 9.17) is 9.47 Å². The third-order valence-electron chi connectivity index (χ3n) is 3.51. The van der Waals surface area contributed by atoms with Crippen LogP contribution >= 0.6 is 24.0 Å². The molecule has 2 aromatic carbocycles. The average Bonchev–Trinajstić information content (AvgIpc) is 2.61. The van der Waals surface area contributed by atoms with E-state index in [0.717, 1.165) is 22.6 Å². The van der Waals surface area contributed by atoms with Crippen molar-refractivity contribution in [1.82, 2.24) is 10.6 Å². The van der Waals surface area contributed by atoms with Crippen LogP contribution in [0.5, 0.6) is 11.5 Å². The van der Waals surface area contributed by atoms with Crippen molar-refractivity contribution in [3.8, 4) is 11.5 Å². The molecule has 0 saturated carbocycles. The third kappa shape index (κ3) is 6.41. The molecule has 0 unspecified atom stereocenters. The fraction of sp³-hybridized carbons (Fsp3) is 0.278. The lowest BCUT2D eigenvalue weighted by molar-refractivity contribution is 0.390. The van der Waals surface area contributed by atoms with E-state index in [9.17, 15) is 4.39 Å². The molecule has 0 fully saturated rings. The van der Waals surface area contributed by atoms with Crippen LogP contribution in [0.1, 0.15) is 11.1 Å². The first kappa shape index (κ1) is 21.0. The van der Waals surface area contributed by atoms with Crippen LogP contribution in [0.15, 0.2) is 47.5 Å². The summed E-state index contributed by atoms with van der Waals surface area (Å²) in [4.78, 5) is 4.16. The molecule has 0 radical (unpaired) electrons. The van der Waals surface area contributed by atoms with Gasteiger partial charge in [0.25, 0.3) is 0 Å². The monoisotopic (exact) mass is 459 g/mol. The lowest BCUT2D eigenvalue weighted by Crippen LogP contribution is -2.36. The number of methoxy groups -OCH3 is 2. The maximum absolute atomic E-state index is 13.2. The number of halogens is 2. The first-order valence-electron chi connectivity index (χ1n) is 7.56. The lowest BCUT2D eigenvalue weighted by atomic mass is 10.2. The van der Waals surface area contributed by atoms with Crippen molar-refractivity contribution in [2.24, 2.45) is 4.99 Å². The van der Waals surface area contributed by atoms with Crippen molar-refractivity contribution in [2.45, 2.75) is 13.1 Å². The van der Waals surface area contributed by atoms with Crippen LogP contribution in [-0.4, -0.2) is 27.2 Å². The summed E-state index contributed by atoms with van der Waals surface area (Å²) < 4.78 is 23.8. The molecular weight excluding hydrogens is 436 g/mol. The van der Waals surface area contributed by atoms with Gasteiger partial charge in [-0.25, -0.2) is 4.39 Å². The second-order valence-corrected chi connectivity index (χ2v) is 5.09. The standard InChI is InChI=1S/C18H22FN3O2.HI/c1-20-18(21-11-13-5-4-6-15(19)9-13)22-12-14-7-8-16(23-2)10-17(14)24-3;/h4-10H,11-12H2,1-3H3,(H2,20,21,22);1H. The highest BCUT2D eigenvalue weighted by Gasteiger charge is 2.06. The van der Waals surface area contributed by atoms with E-state index in [1.54, 1.807) is 27.3 Å². The Bertz CT molecular complexity index is 710. The van der Waals surface area contributed by atoms with Gasteiger partial charge in [-0.05, 0) is 29.8 Å². The van der Waals surface area contributed by atoms with E-state index >= 15 is 0 Å². The molecule has 25 heavy (non-hydrogen) atoms. The molecule has 0 spiro atoms. The highest BCUT2D eigenvalue weighted by Crippen LogP contribution is 2.24. The molecule has 0 aliphatic carbocycles. The van der Waals surface area contributed by atoms with Gasteiger partial charge in [-0.15, -0.1) is 24.0 Å². The SMILES string of the molecule is CN=C(NCc1cccc(F)c1)NCc1ccc(OC)cc1OC.I. The predicted octanol–water partition coefficient (Wildman–Crippen LogP) is 3.33. The Morgan fingerprint density at radius 2 is 1.80 bits per heavy atom. The smallest absolute Gasteiger partial charge is 0.191 e. The maximum Gasteiger partial charge on any atom is 0.191 e. The van der Waals surface area contributed by atoms with Crippen LogP contribution in [-0.2, 0) is 13.1 Å². The van der Waals surface area contributed by atoms with Gasteiger partial charge in [-0.3, -0.25) is 4.99 Å².